The first-order chi connectivity index (χ1) is 18.9. The Morgan fingerprint density at radius 1 is 1.05 bits per heavy atom. The van der Waals surface area contributed by atoms with Crippen LogP contribution in [-0.2, 0) is 11.8 Å². The number of nitrogens with zero attached hydrogens (tertiary/aromatic N) is 3. The van der Waals surface area contributed by atoms with Crippen LogP contribution < -0.4 is 24.9 Å². The number of aryl methyl sites for hydroxylation is 1. The average Bonchev–Trinajstić information content (AvgIpc) is 3.43. The molecule has 0 fully saturated rings. The minimum absolute atomic E-state index is 0.197. The van der Waals surface area contributed by atoms with Gasteiger partial charge in [0.05, 0.1) is 29.0 Å². The molecule has 2 aromatic heterocycles. The van der Waals surface area contributed by atoms with E-state index in [1.807, 2.05) is 104 Å². The third-order valence-corrected chi connectivity index (χ3v) is 7.90. The molecular formula is C31H26N4O3S. The highest BCUT2D eigenvalue weighted by Crippen LogP contribution is 2.32. The van der Waals surface area contributed by atoms with Gasteiger partial charge in [-0.05, 0) is 48.9 Å². The van der Waals surface area contributed by atoms with Crippen LogP contribution in [0.1, 0.15) is 24.1 Å². The normalized spacial score (nSPS) is 15.3. The van der Waals surface area contributed by atoms with Crippen molar-refractivity contribution in [3.63, 3.8) is 0 Å². The van der Waals surface area contributed by atoms with E-state index in [1.165, 1.54) is 11.3 Å². The Kier molecular flexibility index (Phi) is 6.24. The topological polar surface area (TPSA) is 77.6 Å². The number of methoxy groups -OCH3 is 1. The molecule has 1 atom stereocenters. The molecule has 6 rings (SSSR count). The molecule has 1 amide bonds. The molecule has 3 heterocycles. The summed E-state index contributed by atoms with van der Waals surface area (Å²) in [5, 5.41) is 4.04. The number of amides is 1. The molecule has 7 nitrogen and oxygen atoms in total. The van der Waals surface area contributed by atoms with Crippen LogP contribution in [-0.4, -0.2) is 22.2 Å². The molecule has 0 aliphatic carbocycles. The van der Waals surface area contributed by atoms with E-state index in [0.717, 1.165) is 22.0 Å². The van der Waals surface area contributed by atoms with Gasteiger partial charge in [-0.15, -0.1) is 0 Å². The number of nitrogens with one attached hydrogen (secondary N) is 1. The quantitative estimate of drug-likeness (QED) is 0.364. The molecule has 0 bridgehead atoms. The van der Waals surface area contributed by atoms with Crippen molar-refractivity contribution in [1.29, 1.82) is 0 Å². The molecular weight excluding hydrogens is 508 g/mol. The molecule has 0 unspecified atom stereocenters. The van der Waals surface area contributed by atoms with Crippen molar-refractivity contribution in [3.05, 3.63) is 127 Å². The number of benzene rings is 3. The first-order valence-electron chi connectivity index (χ1n) is 12.5. The van der Waals surface area contributed by atoms with Crippen molar-refractivity contribution in [2.75, 3.05) is 12.4 Å². The largest absolute Gasteiger partial charge is 0.497 e. The van der Waals surface area contributed by atoms with Crippen molar-refractivity contribution < 1.29 is 9.53 Å². The van der Waals surface area contributed by atoms with Gasteiger partial charge in [-0.3, -0.25) is 14.2 Å². The van der Waals surface area contributed by atoms with E-state index in [9.17, 15) is 9.59 Å². The van der Waals surface area contributed by atoms with Crippen LogP contribution >= 0.6 is 11.3 Å². The monoisotopic (exact) mass is 534 g/mol. The second kappa shape index (κ2) is 9.89. The molecule has 8 heteroatoms. The van der Waals surface area contributed by atoms with Crippen molar-refractivity contribution in [1.82, 2.24) is 9.13 Å². The van der Waals surface area contributed by atoms with Crippen LogP contribution in [0.5, 0.6) is 5.75 Å². The fourth-order valence-corrected chi connectivity index (χ4v) is 6.13. The van der Waals surface area contributed by atoms with Crippen molar-refractivity contribution in [2.45, 2.75) is 13.0 Å². The minimum Gasteiger partial charge on any atom is -0.497 e. The summed E-state index contributed by atoms with van der Waals surface area (Å²) in [5.41, 5.74) is 4.25. The maximum atomic E-state index is 14.0. The number of hydrogen-bond donors (Lipinski definition) is 1. The molecule has 194 valence electrons. The number of rotatable bonds is 5. The zero-order valence-corrected chi connectivity index (χ0v) is 22.5. The fraction of sp³-hybridized carbons (Fsp3) is 0.129. The molecule has 0 saturated heterocycles. The lowest BCUT2D eigenvalue weighted by atomic mass is 9.95. The number of thiazole rings is 1. The second-order valence-corrected chi connectivity index (χ2v) is 10.4. The highest BCUT2D eigenvalue weighted by Gasteiger charge is 2.32. The number of hydrogen-bond acceptors (Lipinski definition) is 5. The van der Waals surface area contributed by atoms with E-state index in [0.29, 0.717) is 32.0 Å². The summed E-state index contributed by atoms with van der Waals surface area (Å²) in [6.45, 7) is 1.81. The van der Waals surface area contributed by atoms with E-state index in [1.54, 1.807) is 11.7 Å². The van der Waals surface area contributed by atoms with E-state index < -0.39 is 6.04 Å². The molecule has 1 aliphatic heterocycles. The van der Waals surface area contributed by atoms with E-state index in [2.05, 4.69) is 11.4 Å². The number of allylic oxidation sites excluding steroid dienone is 1. The summed E-state index contributed by atoms with van der Waals surface area (Å²) < 4.78 is 9.70. The molecule has 1 N–H and O–H groups in total. The van der Waals surface area contributed by atoms with Crippen molar-refractivity contribution in [2.24, 2.45) is 12.0 Å². The van der Waals surface area contributed by atoms with Gasteiger partial charge < -0.3 is 14.6 Å². The van der Waals surface area contributed by atoms with Crippen LogP contribution in [0, 0.1) is 0 Å². The lowest BCUT2D eigenvalue weighted by molar-refractivity contribution is -0.113. The highest BCUT2D eigenvalue weighted by molar-refractivity contribution is 7.07. The maximum absolute atomic E-state index is 14.0. The molecule has 39 heavy (non-hydrogen) atoms. The maximum Gasteiger partial charge on any atom is 0.271 e. The zero-order chi connectivity index (χ0) is 27.1. The second-order valence-electron chi connectivity index (χ2n) is 9.39. The number of aromatic nitrogens is 2. The SMILES string of the molecule is COc1cccc([C@@H]2C(C(=O)Nc3ccccc3)=C(C)N=c3s/c(=C/c4cn(C)c5ccccc45)c(=O)n32)c1. The number of fused-ring (bicyclic) bond motifs is 2. The standard InChI is InChI=1S/C31H26N4O3S/c1-19-27(29(36)33-22-11-5-4-6-12-22)28(20-10-9-13-23(16-20)38-3)35-30(37)26(39-31(35)32-19)17-21-18-34(2)25-15-8-7-14-24(21)25/h4-18,28H,1-3H3,(H,33,36)/b26-17+/t28-/m1/s1. The minimum atomic E-state index is -0.672. The van der Waals surface area contributed by atoms with Crippen LogP contribution in [0.3, 0.4) is 0 Å². The predicted octanol–water partition coefficient (Wildman–Crippen LogP) is 4.37. The lowest BCUT2D eigenvalue weighted by Crippen LogP contribution is -2.40. The Balaban J connectivity index is 1.54. The van der Waals surface area contributed by atoms with Gasteiger partial charge in [-0.25, -0.2) is 4.99 Å². The van der Waals surface area contributed by atoms with Gasteiger partial charge in [0.1, 0.15) is 5.75 Å². The first kappa shape index (κ1) is 24.6. The zero-order valence-electron chi connectivity index (χ0n) is 21.7. The Morgan fingerprint density at radius 2 is 1.82 bits per heavy atom. The fourth-order valence-electron chi connectivity index (χ4n) is 5.09. The average molecular weight is 535 g/mol. The van der Waals surface area contributed by atoms with Gasteiger partial charge in [-0.2, -0.15) is 0 Å². The Labute approximate surface area is 228 Å². The number of carbonyl (C=O) groups excluding carboxylic acids is 1. The summed E-state index contributed by atoms with van der Waals surface area (Å²) >= 11 is 1.33. The van der Waals surface area contributed by atoms with Gasteiger partial charge in [0.25, 0.3) is 11.5 Å². The number of anilines is 1. The molecule has 5 aromatic rings. The van der Waals surface area contributed by atoms with E-state index in [4.69, 9.17) is 9.73 Å². The van der Waals surface area contributed by atoms with Crippen LogP contribution in [0.25, 0.3) is 17.0 Å². The number of ether oxygens (including phenoxy) is 1. The third kappa shape index (κ3) is 4.38. The van der Waals surface area contributed by atoms with E-state index in [-0.39, 0.29) is 11.5 Å². The van der Waals surface area contributed by atoms with Gasteiger partial charge in [0.15, 0.2) is 4.80 Å². The molecule has 3 aromatic carbocycles. The summed E-state index contributed by atoms with van der Waals surface area (Å²) in [4.78, 5) is 33.0. The Morgan fingerprint density at radius 3 is 2.62 bits per heavy atom. The van der Waals surface area contributed by atoms with Crippen molar-refractivity contribution >= 4 is 39.9 Å². The smallest absolute Gasteiger partial charge is 0.271 e. The first-order valence-corrected chi connectivity index (χ1v) is 13.3. The van der Waals surface area contributed by atoms with Crippen LogP contribution in [0.15, 0.2) is 106 Å². The van der Waals surface area contributed by atoms with Gasteiger partial charge >= 0.3 is 0 Å². The third-order valence-electron chi connectivity index (χ3n) is 6.92. The lowest BCUT2D eigenvalue weighted by Gasteiger charge is -2.25. The molecule has 0 saturated carbocycles. The van der Waals surface area contributed by atoms with Crippen LogP contribution in [0.2, 0.25) is 0 Å². The highest BCUT2D eigenvalue weighted by atomic mass is 32.1. The summed E-state index contributed by atoms with van der Waals surface area (Å²) in [5.74, 6) is 0.335. The van der Waals surface area contributed by atoms with Gasteiger partial charge in [-0.1, -0.05) is 59.9 Å². The number of para-hydroxylation sites is 2. The summed E-state index contributed by atoms with van der Waals surface area (Å²) in [7, 11) is 3.59. The van der Waals surface area contributed by atoms with Crippen LogP contribution in [0.4, 0.5) is 5.69 Å². The number of carbonyl (C=O) groups is 1. The Bertz CT molecular complexity index is 1950. The van der Waals surface area contributed by atoms with Gasteiger partial charge in [0, 0.05) is 35.4 Å². The summed E-state index contributed by atoms with van der Waals surface area (Å²) in [6.07, 6.45) is 3.93. The molecule has 0 radical (unpaired) electrons. The van der Waals surface area contributed by atoms with E-state index >= 15 is 0 Å². The van der Waals surface area contributed by atoms with Gasteiger partial charge in [0.2, 0.25) is 0 Å². The molecule has 0 spiro atoms. The summed E-state index contributed by atoms with van der Waals surface area (Å²) in [6, 6.07) is 24.2. The predicted molar refractivity (Wildman–Crippen MR) is 155 cm³/mol. The molecule has 1 aliphatic rings. The Hall–Kier alpha value is -4.69. The van der Waals surface area contributed by atoms with Crippen molar-refractivity contribution in [3.8, 4) is 5.75 Å².